The average Bonchev–Trinajstić information content (AvgIpc) is 3.27. The van der Waals surface area contributed by atoms with Gasteiger partial charge in [-0.1, -0.05) is 0 Å². The van der Waals surface area contributed by atoms with Crippen LogP contribution >= 0.6 is 0 Å². The Balaban J connectivity index is 1.81. The lowest BCUT2D eigenvalue weighted by Gasteiger charge is -2.24. The maximum atomic E-state index is 14.6. The molecule has 156 valence electrons. The number of nitrogens with zero attached hydrogens (tertiary/aromatic N) is 2. The standard InChI is InChI=1S/C22H27FN2O4/c1-28-18-7-5-17(21(14-18)29-2)15-25(11-12-26)22(27)16-6-8-20(19(23)13-16)24-9-3-4-10-24/h5-8,13-14,26H,3-4,9-12,15H2,1-2H3. The molecule has 1 aliphatic rings. The molecule has 6 nitrogen and oxygen atoms in total. The minimum absolute atomic E-state index is 0.128. The SMILES string of the molecule is COc1ccc(CN(CCO)C(=O)c2ccc(N3CCCC3)c(F)c2)c(OC)c1. The fraction of sp³-hybridized carbons (Fsp3) is 0.409. The summed E-state index contributed by atoms with van der Waals surface area (Å²) in [4.78, 5) is 16.5. The molecule has 1 fully saturated rings. The predicted molar refractivity (Wildman–Crippen MR) is 109 cm³/mol. The maximum Gasteiger partial charge on any atom is 0.254 e. The van der Waals surface area contributed by atoms with E-state index in [1.165, 1.54) is 11.0 Å². The topological polar surface area (TPSA) is 62.2 Å². The van der Waals surface area contributed by atoms with Gasteiger partial charge in [-0.15, -0.1) is 0 Å². The van der Waals surface area contributed by atoms with Crippen LogP contribution in [0.4, 0.5) is 10.1 Å². The van der Waals surface area contributed by atoms with E-state index in [4.69, 9.17) is 9.47 Å². The van der Waals surface area contributed by atoms with Crippen molar-refractivity contribution in [1.82, 2.24) is 4.90 Å². The molecule has 2 aromatic rings. The minimum atomic E-state index is -0.399. The number of aliphatic hydroxyl groups is 1. The Kier molecular flexibility index (Phi) is 6.93. The first kappa shape index (κ1) is 20.9. The second-order valence-corrected chi connectivity index (χ2v) is 6.99. The van der Waals surface area contributed by atoms with E-state index >= 15 is 0 Å². The van der Waals surface area contributed by atoms with Crippen LogP contribution in [0.15, 0.2) is 36.4 Å². The van der Waals surface area contributed by atoms with Gasteiger partial charge in [-0.3, -0.25) is 4.79 Å². The van der Waals surface area contributed by atoms with Gasteiger partial charge in [0.2, 0.25) is 0 Å². The largest absolute Gasteiger partial charge is 0.497 e. The quantitative estimate of drug-likeness (QED) is 0.735. The molecular formula is C22H27FN2O4. The Morgan fingerprint density at radius 3 is 2.52 bits per heavy atom. The third-order valence-electron chi connectivity index (χ3n) is 5.15. The molecule has 0 atom stereocenters. The molecule has 0 aromatic heterocycles. The number of aliphatic hydroxyl groups excluding tert-OH is 1. The Morgan fingerprint density at radius 2 is 1.90 bits per heavy atom. The van der Waals surface area contributed by atoms with E-state index in [0.717, 1.165) is 31.5 Å². The number of anilines is 1. The van der Waals surface area contributed by atoms with E-state index < -0.39 is 5.82 Å². The highest BCUT2D eigenvalue weighted by atomic mass is 19.1. The summed E-state index contributed by atoms with van der Waals surface area (Å²) in [6.45, 7) is 1.82. The van der Waals surface area contributed by atoms with Gasteiger partial charge in [-0.05, 0) is 43.2 Å². The fourth-order valence-corrected chi connectivity index (χ4v) is 3.60. The van der Waals surface area contributed by atoms with Crippen molar-refractivity contribution in [2.24, 2.45) is 0 Å². The van der Waals surface area contributed by atoms with Crippen LogP contribution in [0.3, 0.4) is 0 Å². The summed E-state index contributed by atoms with van der Waals surface area (Å²) in [5.41, 5.74) is 1.56. The van der Waals surface area contributed by atoms with Crippen LogP contribution in [-0.2, 0) is 6.54 Å². The summed E-state index contributed by atoms with van der Waals surface area (Å²) >= 11 is 0. The van der Waals surface area contributed by atoms with Crippen molar-refractivity contribution in [2.75, 3.05) is 45.4 Å². The number of methoxy groups -OCH3 is 2. The molecule has 1 aliphatic heterocycles. The number of hydrogen-bond donors (Lipinski definition) is 1. The van der Waals surface area contributed by atoms with Crippen molar-refractivity contribution >= 4 is 11.6 Å². The van der Waals surface area contributed by atoms with Crippen molar-refractivity contribution in [3.8, 4) is 11.5 Å². The van der Waals surface area contributed by atoms with Crippen LogP contribution in [0.25, 0.3) is 0 Å². The zero-order valence-electron chi connectivity index (χ0n) is 16.9. The monoisotopic (exact) mass is 402 g/mol. The lowest BCUT2D eigenvalue weighted by atomic mass is 10.1. The van der Waals surface area contributed by atoms with Crippen LogP contribution in [0.5, 0.6) is 11.5 Å². The molecule has 1 N–H and O–H groups in total. The molecule has 7 heteroatoms. The van der Waals surface area contributed by atoms with E-state index in [-0.39, 0.29) is 31.2 Å². The third kappa shape index (κ3) is 4.79. The van der Waals surface area contributed by atoms with E-state index in [1.807, 2.05) is 11.0 Å². The first-order valence-electron chi connectivity index (χ1n) is 9.73. The van der Waals surface area contributed by atoms with E-state index in [9.17, 15) is 14.3 Å². The summed E-state index contributed by atoms with van der Waals surface area (Å²) in [5, 5.41) is 9.44. The Hall–Kier alpha value is -2.80. The lowest BCUT2D eigenvalue weighted by molar-refractivity contribution is 0.0706. The maximum absolute atomic E-state index is 14.6. The first-order chi connectivity index (χ1) is 14.1. The van der Waals surface area contributed by atoms with Crippen molar-refractivity contribution in [3.63, 3.8) is 0 Å². The second kappa shape index (κ2) is 9.60. The van der Waals surface area contributed by atoms with Gasteiger partial charge < -0.3 is 24.4 Å². The zero-order chi connectivity index (χ0) is 20.8. The molecule has 0 unspecified atom stereocenters. The molecule has 0 saturated carbocycles. The highest BCUT2D eigenvalue weighted by molar-refractivity contribution is 5.94. The van der Waals surface area contributed by atoms with E-state index in [1.54, 1.807) is 38.5 Å². The number of amides is 1. The first-order valence-corrected chi connectivity index (χ1v) is 9.73. The molecule has 1 amide bonds. The minimum Gasteiger partial charge on any atom is -0.497 e. The van der Waals surface area contributed by atoms with Gasteiger partial charge in [0.05, 0.1) is 26.5 Å². The third-order valence-corrected chi connectivity index (χ3v) is 5.15. The average molecular weight is 402 g/mol. The molecule has 1 heterocycles. The molecule has 2 aromatic carbocycles. The van der Waals surface area contributed by atoms with Crippen LogP contribution in [0, 0.1) is 5.82 Å². The number of halogens is 1. The molecular weight excluding hydrogens is 375 g/mol. The zero-order valence-corrected chi connectivity index (χ0v) is 16.9. The van der Waals surface area contributed by atoms with Gasteiger partial charge in [0.25, 0.3) is 5.91 Å². The second-order valence-electron chi connectivity index (χ2n) is 6.99. The summed E-state index contributed by atoms with van der Waals surface area (Å²) in [7, 11) is 3.11. The normalized spacial score (nSPS) is 13.4. The molecule has 0 spiro atoms. The lowest BCUT2D eigenvalue weighted by Crippen LogP contribution is -2.33. The molecule has 29 heavy (non-hydrogen) atoms. The van der Waals surface area contributed by atoms with Gasteiger partial charge in [0, 0.05) is 43.4 Å². The molecule has 1 saturated heterocycles. The number of carbonyl (C=O) groups excluding carboxylic acids is 1. The molecule has 0 radical (unpaired) electrons. The van der Waals surface area contributed by atoms with E-state index in [2.05, 4.69) is 0 Å². The molecule has 3 rings (SSSR count). The summed E-state index contributed by atoms with van der Waals surface area (Å²) in [6.07, 6.45) is 2.10. The van der Waals surface area contributed by atoms with Crippen LogP contribution < -0.4 is 14.4 Å². The van der Waals surface area contributed by atoms with Crippen LogP contribution in [0.1, 0.15) is 28.8 Å². The van der Waals surface area contributed by atoms with Gasteiger partial charge in [0.15, 0.2) is 0 Å². The van der Waals surface area contributed by atoms with Gasteiger partial charge in [-0.2, -0.15) is 0 Å². The van der Waals surface area contributed by atoms with Crippen molar-refractivity contribution in [3.05, 3.63) is 53.3 Å². The van der Waals surface area contributed by atoms with Crippen LogP contribution in [0.2, 0.25) is 0 Å². The fourth-order valence-electron chi connectivity index (χ4n) is 3.60. The van der Waals surface area contributed by atoms with Gasteiger partial charge >= 0.3 is 0 Å². The highest BCUT2D eigenvalue weighted by Gasteiger charge is 2.21. The van der Waals surface area contributed by atoms with Crippen molar-refractivity contribution < 1.29 is 23.8 Å². The smallest absolute Gasteiger partial charge is 0.254 e. The summed E-state index contributed by atoms with van der Waals surface area (Å²) in [5.74, 6) is 0.480. The van der Waals surface area contributed by atoms with Crippen molar-refractivity contribution in [1.29, 1.82) is 0 Å². The summed E-state index contributed by atoms with van der Waals surface area (Å²) < 4.78 is 25.2. The highest BCUT2D eigenvalue weighted by Crippen LogP contribution is 2.28. The van der Waals surface area contributed by atoms with Crippen LogP contribution in [-0.4, -0.2) is 56.4 Å². The van der Waals surface area contributed by atoms with E-state index in [0.29, 0.717) is 17.2 Å². The number of rotatable bonds is 8. The van der Waals surface area contributed by atoms with Gasteiger partial charge in [-0.25, -0.2) is 4.39 Å². The summed E-state index contributed by atoms with van der Waals surface area (Å²) in [6, 6.07) is 9.93. The Morgan fingerprint density at radius 1 is 1.14 bits per heavy atom. The van der Waals surface area contributed by atoms with Crippen molar-refractivity contribution in [2.45, 2.75) is 19.4 Å². The van der Waals surface area contributed by atoms with Gasteiger partial charge in [0.1, 0.15) is 17.3 Å². The number of benzene rings is 2. The number of ether oxygens (including phenoxy) is 2. The Bertz CT molecular complexity index is 853. The number of hydrogen-bond acceptors (Lipinski definition) is 5. The Labute approximate surface area is 170 Å². The number of carbonyl (C=O) groups is 1. The predicted octanol–water partition coefficient (Wildman–Crippen LogP) is 3.08. The molecule has 0 bridgehead atoms. The molecule has 0 aliphatic carbocycles.